The highest BCUT2D eigenvalue weighted by Gasteiger charge is 2.42. The summed E-state index contributed by atoms with van der Waals surface area (Å²) in [5.41, 5.74) is 2.21. The Bertz CT molecular complexity index is 786. The number of rotatable bonds is 4. The van der Waals surface area contributed by atoms with Gasteiger partial charge < -0.3 is 14.8 Å². The van der Waals surface area contributed by atoms with Crippen LogP contribution in [0.4, 0.5) is 4.39 Å². The maximum absolute atomic E-state index is 14.4. The van der Waals surface area contributed by atoms with Gasteiger partial charge in [0.05, 0.1) is 24.2 Å². The molecular formula is C17H19FINO3. The van der Waals surface area contributed by atoms with Crippen molar-refractivity contribution in [2.24, 2.45) is 0 Å². The van der Waals surface area contributed by atoms with Crippen molar-refractivity contribution < 1.29 is 19.0 Å². The molecule has 1 aromatic carbocycles. The van der Waals surface area contributed by atoms with E-state index in [1.807, 2.05) is 13.8 Å². The highest BCUT2D eigenvalue weighted by Crippen LogP contribution is 2.44. The second-order valence-electron chi connectivity index (χ2n) is 6.13. The van der Waals surface area contributed by atoms with Gasteiger partial charge in [-0.1, -0.05) is 13.3 Å². The molecule has 0 radical (unpaired) electrons. The summed E-state index contributed by atoms with van der Waals surface area (Å²) in [6, 6.07) is 1.52. The number of halogens is 2. The molecule has 1 atom stereocenters. The van der Waals surface area contributed by atoms with Crippen molar-refractivity contribution in [3.05, 3.63) is 32.3 Å². The molecule has 1 unspecified atom stereocenters. The normalized spacial score (nSPS) is 20.7. The van der Waals surface area contributed by atoms with Crippen molar-refractivity contribution >= 4 is 39.5 Å². The fourth-order valence-electron chi connectivity index (χ4n) is 3.62. The van der Waals surface area contributed by atoms with Crippen molar-refractivity contribution in [2.45, 2.75) is 45.1 Å². The third-order valence-corrected chi connectivity index (χ3v) is 5.92. The van der Waals surface area contributed by atoms with E-state index in [0.29, 0.717) is 25.0 Å². The lowest BCUT2D eigenvalue weighted by Crippen LogP contribution is -2.37. The van der Waals surface area contributed by atoms with Crippen LogP contribution < -0.4 is 0 Å². The molecule has 2 aromatic rings. The second-order valence-corrected chi connectivity index (χ2v) is 7.21. The van der Waals surface area contributed by atoms with Gasteiger partial charge in [-0.2, -0.15) is 0 Å². The summed E-state index contributed by atoms with van der Waals surface area (Å²) >= 11 is 2.24. The van der Waals surface area contributed by atoms with Gasteiger partial charge >= 0.3 is 5.97 Å². The number of aliphatic carboxylic acids is 1. The summed E-state index contributed by atoms with van der Waals surface area (Å²) in [6.07, 6.45) is 1.94. The molecule has 0 spiro atoms. The Balaban J connectivity index is 2.30. The number of carboxylic acids is 1. The molecule has 0 saturated heterocycles. The molecule has 0 fully saturated rings. The SMILES string of the molecule is CCCC1(CC(=O)O)OCCc2c1[nH]c1c(F)cc(C)c(I)c21. The zero-order valence-electron chi connectivity index (χ0n) is 13.1. The topological polar surface area (TPSA) is 62.3 Å². The summed E-state index contributed by atoms with van der Waals surface area (Å²) in [5, 5.41) is 10.2. The third kappa shape index (κ3) is 2.65. The first-order valence-electron chi connectivity index (χ1n) is 7.75. The second kappa shape index (κ2) is 6.05. The summed E-state index contributed by atoms with van der Waals surface area (Å²) in [6.45, 7) is 4.34. The summed E-state index contributed by atoms with van der Waals surface area (Å²) in [4.78, 5) is 14.6. The Morgan fingerprint density at radius 2 is 2.30 bits per heavy atom. The Labute approximate surface area is 147 Å². The number of hydrogen-bond acceptors (Lipinski definition) is 2. The van der Waals surface area contributed by atoms with Crippen LogP contribution in [0.1, 0.15) is 43.0 Å². The molecule has 0 bridgehead atoms. The first kappa shape index (κ1) is 16.7. The number of ether oxygens (including phenoxy) is 1. The molecule has 2 heterocycles. The lowest BCUT2D eigenvalue weighted by molar-refractivity contribution is -0.149. The maximum atomic E-state index is 14.4. The van der Waals surface area contributed by atoms with Gasteiger partial charge in [0, 0.05) is 8.96 Å². The van der Waals surface area contributed by atoms with Crippen LogP contribution in [0.25, 0.3) is 10.9 Å². The van der Waals surface area contributed by atoms with E-state index in [2.05, 4.69) is 27.6 Å². The molecule has 1 aromatic heterocycles. The highest BCUT2D eigenvalue weighted by atomic mass is 127. The van der Waals surface area contributed by atoms with Crippen LogP contribution in [-0.2, 0) is 21.6 Å². The Morgan fingerprint density at radius 3 is 2.96 bits per heavy atom. The van der Waals surface area contributed by atoms with E-state index < -0.39 is 11.6 Å². The molecule has 0 aliphatic carbocycles. The largest absolute Gasteiger partial charge is 0.481 e. The predicted molar refractivity (Wildman–Crippen MR) is 94.2 cm³/mol. The molecule has 124 valence electrons. The number of fused-ring (bicyclic) bond motifs is 3. The van der Waals surface area contributed by atoms with Crippen LogP contribution in [-0.4, -0.2) is 22.7 Å². The number of aromatic nitrogens is 1. The lowest BCUT2D eigenvalue weighted by atomic mass is 9.84. The quantitative estimate of drug-likeness (QED) is 0.712. The van der Waals surface area contributed by atoms with E-state index >= 15 is 0 Å². The average Bonchev–Trinajstić information content (AvgIpc) is 2.86. The van der Waals surface area contributed by atoms with Gasteiger partial charge in [-0.3, -0.25) is 4.79 Å². The van der Waals surface area contributed by atoms with Crippen molar-refractivity contribution in [1.29, 1.82) is 0 Å². The van der Waals surface area contributed by atoms with Gasteiger partial charge in [0.1, 0.15) is 11.4 Å². The third-order valence-electron chi connectivity index (χ3n) is 4.53. The fourth-order valence-corrected chi connectivity index (χ4v) is 4.37. The van der Waals surface area contributed by atoms with Crippen LogP contribution in [0.3, 0.4) is 0 Å². The van der Waals surface area contributed by atoms with Crippen molar-refractivity contribution in [3.8, 4) is 0 Å². The molecule has 4 nitrogen and oxygen atoms in total. The predicted octanol–water partition coefficient (Wildman–Crippen LogP) is 4.26. The monoisotopic (exact) mass is 431 g/mol. The average molecular weight is 431 g/mol. The lowest BCUT2D eigenvalue weighted by Gasteiger charge is -2.36. The summed E-state index contributed by atoms with van der Waals surface area (Å²) in [5.74, 6) is -1.20. The highest BCUT2D eigenvalue weighted by molar-refractivity contribution is 14.1. The zero-order chi connectivity index (χ0) is 16.8. The van der Waals surface area contributed by atoms with Crippen LogP contribution in [0.5, 0.6) is 0 Å². The van der Waals surface area contributed by atoms with E-state index in [1.54, 1.807) is 0 Å². The molecule has 1 aliphatic rings. The number of aromatic amines is 1. The Kier molecular flexibility index (Phi) is 4.39. The number of aryl methyl sites for hydroxylation is 1. The number of hydrogen-bond donors (Lipinski definition) is 2. The maximum Gasteiger partial charge on any atom is 0.306 e. The Morgan fingerprint density at radius 1 is 1.57 bits per heavy atom. The fraction of sp³-hybridized carbons (Fsp3) is 0.471. The number of nitrogens with one attached hydrogen (secondary N) is 1. The van der Waals surface area contributed by atoms with Crippen LogP contribution >= 0.6 is 22.6 Å². The molecule has 23 heavy (non-hydrogen) atoms. The van der Waals surface area contributed by atoms with Gasteiger partial charge in [0.15, 0.2) is 0 Å². The Hall–Kier alpha value is -1.15. The number of benzene rings is 1. The van der Waals surface area contributed by atoms with Gasteiger partial charge in [-0.25, -0.2) is 4.39 Å². The molecular weight excluding hydrogens is 412 g/mol. The van der Waals surface area contributed by atoms with E-state index in [4.69, 9.17) is 4.74 Å². The van der Waals surface area contributed by atoms with Crippen LogP contribution in [0.2, 0.25) is 0 Å². The molecule has 1 aliphatic heterocycles. The van der Waals surface area contributed by atoms with E-state index in [1.165, 1.54) is 6.07 Å². The first-order valence-corrected chi connectivity index (χ1v) is 8.83. The zero-order valence-corrected chi connectivity index (χ0v) is 15.3. The minimum absolute atomic E-state index is 0.113. The number of carbonyl (C=O) groups is 1. The van der Waals surface area contributed by atoms with Crippen molar-refractivity contribution in [3.63, 3.8) is 0 Å². The van der Waals surface area contributed by atoms with E-state index in [-0.39, 0.29) is 12.2 Å². The van der Waals surface area contributed by atoms with Crippen LogP contribution in [0, 0.1) is 16.3 Å². The molecule has 3 rings (SSSR count). The summed E-state index contributed by atoms with van der Waals surface area (Å²) in [7, 11) is 0. The van der Waals surface area contributed by atoms with Gasteiger partial charge in [-0.15, -0.1) is 0 Å². The van der Waals surface area contributed by atoms with Gasteiger partial charge in [0.25, 0.3) is 0 Å². The standard InChI is InChI=1S/C17H19FINO3/c1-3-5-17(8-12(21)22)16-10(4-6-23-17)13-14(19)9(2)7-11(18)15(13)20-16/h7,20H,3-6,8H2,1-2H3,(H,21,22). The first-order chi connectivity index (χ1) is 10.9. The minimum Gasteiger partial charge on any atom is -0.481 e. The number of H-pyrrole nitrogens is 1. The molecule has 0 amide bonds. The smallest absolute Gasteiger partial charge is 0.306 e. The van der Waals surface area contributed by atoms with Crippen molar-refractivity contribution in [2.75, 3.05) is 6.61 Å². The van der Waals surface area contributed by atoms with Gasteiger partial charge in [-0.05, 0) is 59.5 Å². The van der Waals surface area contributed by atoms with Gasteiger partial charge in [0.2, 0.25) is 0 Å². The summed E-state index contributed by atoms with van der Waals surface area (Å²) < 4.78 is 21.4. The van der Waals surface area contributed by atoms with Crippen LogP contribution in [0.15, 0.2) is 6.07 Å². The molecule has 6 heteroatoms. The number of carboxylic acid groups (broad SMARTS) is 1. The van der Waals surface area contributed by atoms with Crippen molar-refractivity contribution in [1.82, 2.24) is 4.98 Å². The molecule has 2 N–H and O–H groups in total. The van der Waals surface area contributed by atoms with E-state index in [9.17, 15) is 14.3 Å². The van der Waals surface area contributed by atoms with E-state index in [0.717, 1.165) is 32.2 Å². The minimum atomic E-state index is -0.906. The molecule has 0 saturated carbocycles.